The molecule has 0 bridgehead atoms. The zero-order valence-corrected chi connectivity index (χ0v) is 12.1. The van der Waals surface area contributed by atoms with E-state index < -0.39 is 0 Å². The van der Waals surface area contributed by atoms with E-state index in [1.807, 2.05) is 0 Å². The summed E-state index contributed by atoms with van der Waals surface area (Å²) in [6, 6.07) is 5.12. The molecule has 0 aliphatic carbocycles. The predicted octanol–water partition coefficient (Wildman–Crippen LogP) is 2.98. The van der Waals surface area contributed by atoms with Crippen LogP contribution in [0.15, 0.2) is 18.2 Å². The average Bonchev–Trinajstić information content (AvgIpc) is 2.28. The molecule has 1 heterocycles. The number of benzene rings is 1. The molecule has 0 radical (unpaired) electrons. The number of nitrogens with zero attached hydrogens (tertiary/aromatic N) is 1. The van der Waals surface area contributed by atoms with E-state index in [4.69, 9.17) is 28.9 Å². The first-order valence-electron chi connectivity index (χ1n) is 5.58. The Morgan fingerprint density at radius 1 is 1.33 bits per heavy atom. The van der Waals surface area contributed by atoms with E-state index in [1.54, 1.807) is 23.1 Å². The van der Waals surface area contributed by atoms with Crippen molar-refractivity contribution in [3.63, 3.8) is 0 Å². The van der Waals surface area contributed by atoms with Gasteiger partial charge < -0.3 is 10.6 Å². The first kappa shape index (κ1) is 15.6. The molecular formula is C12H15Cl3N2O. The Balaban J connectivity index is 0.00000162. The van der Waals surface area contributed by atoms with E-state index in [0.29, 0.717) is 28.7 Å². The summed E-state index contributed by atoms with van der Waals surface area (Å²) >= 11 is 12.0. The maximum Gasteiger partial charge on any atom is 0.256 e. The Labute approximate surface area is 123 Å². The number of rotatable bonds is 1. The van der Waals surface area contributed by atoms with Crippen LogP contribution in [0, 0.1) is 0 Å². The second-order valence-corrected chi connectivity index (χ2v) is 5.06. The maximum atomic E-state index is 12.3. The second kappa shape index (κ2) is 6.62. The molecule has 0 spiro atoms. The molecule has 0 aromatic heterocycles. The van der Waals surface area contributed by atoms with Crippen LogP contribution in [0.25, 0.3) is 0 Å². The number of piperidine rings is 1. The molecule has 3 nitrogen and oxygen atoms in total. The molecule has 1 aromatic rings. The van der Waals surface area contributed by atoms with Gasteiger partial charge >= 0.3 is 0 Å². The van der Waals surface area contributed by atoms with Crippen molar-refractivity contribution in [1.82, 2.24) is 4.90 Å². The van der Waals surface area contributed by atoms with Crippen molar-refractivity contribution in [3.05, 3.63) is 33.8 Å². The Bertz CT molecular complexity index is 419. The molecule has 1 aromatic carbocycles. The lowest BCUT2D eigenvalue weighted by Crippen LogP contribution is -2.45. The lowest BCUT2D eigenvalue weighted by molar-refractivity contribution is 0.0709. The summed E-state index contributed by atoms with van der Waals surface area (Å²) < 4.78 is 0. The smallest absolute Gasteiger partial charge is 0.256 e. The molecule has 0 unspecified atom stereocenters. The molecular weight excluding hydrogens is 295 g/mol. The molecule has 6 heteroatoms. The summed E-state index contributed by atoms with van der Waals surface area (Å²) in [5.74, 6) is -0.129. The molecule has 0 saturated carbocycles. The molecule has 1 atom stereocenters. The summed E-state index contributed by atoms with van der Waals surface area (Å²) in [5.41, 5.74) is 6.24. The third-order valence-electron chi connectivity index (χ3n) is 2.92. The third-order valence-corrected chi connectivity index (χ3v) is 3.55. The van der Waals surface area contributed by atoms with Crippen molar-refractivity contribution in [2.24, 2.45) is 5.73 Å². The molecule has 1 aliphatic heterocycles. The largest absolute Gasteiger partial charge is 0.337 e. The molecule has 1 amide bonds. The summed E-state index contributed by atoms with van der Waals surface area (Å²) in [5, 5.41) is 0.781. The second-order valence-electron chi connectivity index (χ2n) is 4.25. The summed E-state index contributed by atoms with van der Waals surface area (Å²) in [4.78, 5) is 14.0. The Hall–Kier alpha value is -0.480. The number of hydrogen-bond acceptors (Lipinski definition) is 2. The SMILES string of the molecule is Cl.N[C@H]1CCCN(C(=O)c2c(Cl)cccc2Cl)C1. The van der Waals surface area contributed by atoms with Gasteiger partial charge in [-0.25, -0.2) is 0 Å². The molecule has 100 valence electrons. The van der Waals surface area contributed by atoms with Gasteiger partial charge in [-0.15, -0.1) is 12.4 Å². The van der Waals surface area contributed by atoms with Crippen LogP contribution in [0.5, 0.6) is 0 Å². The molecule has 2 rings (SSSR count). The van der Waals surface area contributed by atoms with Crippen LogP contribution in [0.4, 0.5) is 0 Å². The number of hydrogen-bond donors (Lipinski definition) is 1. The number of nitrogens with two attached hydrogens (primary N) is 1. The topological polar surface area (TPSA) is 46.3 Å². The van der Waals surface area contributed by atoms with Gasteiger partial charge in [0, 0.05) is 19.1 Å². The number of carbonyl (C=O) groups is 1. The molecule has 1 fully saturated rings. The number of likely N-dealkylation sites (tertiary alicyclic amines) is 1. The van der Waals surface area contributed by atoms with Crippen LogP contribution in [0.1, 0.15) is 23.2 Å². The van der Waals surface area contributed by atoms with E-state index >= 15 is 0 Å². The number of amides is 1. The van der Waals surface area contributed by atoms with Gasteiger partial charge in [0.2, 0.25) is 0 Å². The first-order valence-corrected chi connectivity index (χ1v) is 6.34. The van der Waals surface area contributed by atoms with Crippen molar-refractivity contribution >= 4 is 41.5 Å². The average molecular weight is 310 g/mol. The Morgan fingerprint density at radius 2 is 1.94 bits per heavy atom. The molecule has 18 heavy (non-hydrogen) atoms. The maximum absolute atomic E-state index is 12.3. The monoisotopic (exact) mass is 308 g/mol. The Morgan fingerprint density at radius 3 is 2.50 bits per heavy atom. The van der Waals surface area contributed by atoms with Gasteiger partial charge in [-0.3, -0.25) is 4.79 Å². The van der Waals surface area contributed by atoms with Crippen LogP contribution >= 0.6 is 35.6 Å². The molecule has 2 N–H and O–H groups in total. The van der Waals surface area contributed by atoms with Crippen LogP contribution in [0.3, 0.4) is 0 Å². The zero-order valence-electron chi connectivity index (χ0n) is 9.73. The number of halogens is 3. The van der Waals surface area contributed by atoms with Gasteiger partial charge in [-0.05, 0) is 25.0 Å². The fourth-order valence-corrected chi connectivity index (χ4v) is 2.61. The van der Waals surface area contributed by atoms with Gasteiger partial charge in [0.05, 0.1) is 15.6 Å². The van der Waals surface area contributed by atoms with E-state index in [-0.39, 0.29) is 24.4 Å². The normalized spacial score (nSPS) is 19.3. The fourth-order valence-electron chi connectivity index (χ4n) is 2.05. The van der Waals surface area contributed by atoms with E-state index in [2.05, 4.69) is 0 Å². The van der Waals surface area contributed by atoms with Crippen molar-refractivity contribution in [2.75, 3.05) is 13.1 Å². The van der Waals surface area contributed by atoms with Crippen LogP contribution in [0.2, 0.25) is 10.0 Å². The minimum atomic E-state index is -0.129. The summed E-state index contributed by atoms with van der Waals surface area (Å²) in [7, 11) is 0. The van der Waals surface area contributed by atoms with Crippen LogP contribution in [-0.2, 0) is 0 Å². The lowest BCUT2D eigenvalue weighted by atomic mass is 10.1. The van der Waals surface area contributed by atoms with Crippen LogP contribution < -0.4 is 5.73 Å². The standard InChI is InChI=1S/C12H14Cl2N2O.ClH/c13-9-4-1-5-10(14)11(9)12(17)16-6-2-3-8(15)7-16;/h1,4-5,8H,2-3,6-7,15H2;1H/t8-;/m0./s1. The van der Waals surface area contributed by atoms with Crippen molar-refractivity contribution in [1.29, 1.82) is 0 Å². The molecule has 1 aliphatic rings. The summed E-state index contributed by atoms with van der Waals surface area (Å²) in [6.45, 7) is 1.29. The van der Waals surface area contributed by atoms with Crippen molar-refractivity contribution < 1.29 is 4.79 Å². The quantitative estimate of drug-likeness (QED) is 0.867. The van der Waals surface area contributed by atoms with Gasteiger partial charge in [0.15, 0.2) is 0 Å². The predicted molar refractivity (Wildman–Crippen MR) is 76.8 cm³/mol. The fraction of sp³-hybridized carbons (Fsp3) is 0.417. The Kier molecular flexibility index (Phi) is 5.73. The highest BCUT2D eigenvalue weighted by atomic mass is 35.5. The van der Waals surface area contributed by atoms with Crippen LogP contribution in [-0.4, -0.2) is 29.9 Å². The number of carbonyl (C=O) groups excluding carboxylic acids is 1. The van der Waals surface area contributed by atoms with Crippen molar-refractivity contribution in [2.45, 2.75) is 18.9 Å². The first-order chi connectivity index (χ1) is 8.09. The lowest BCUT2D eigenvalue weighted by Gasteiger charge is -2.31. The minimum Gasteiger partial charge on any atom is -0.337 e. The van der Waals surface area contributed by atoms with Crippen molar-refractivity contribution in [3.8, 4) is 0 Å². The highest BCUT2D eigenvalue weighted by molar-refractivity contribution is 6.39. The zero-order chi connectivity index (χ0) is 12.4. The molecule has 1 saturated heterocycles. The summed E-state index contributed by atoms with van der Waals surface area (Å²) in [6.07, 6.45) is 1.88. The van der Waals surface area contributed by atoms with Gasteiger partial charge in [-0.1, -0.05) is 29.3 Å². The van der Waals surface area contributed by atoms with E-state index in [1.165, 1.54) is 0 Å². The van der Waals surface area contributed by atoms with E-state index in [9.17, 15) is 4.79 Å². The third kappa shape index (κ3) is 3.29. The highest BCUT2D eigenvalue weighted by Crippen LogP contribution is 2.26. The minimum absolute atomic E-state index is 0. The van der Waals surface area contributed by atoms with Gasteiger partial charge in [-0.2, -0.15) is 0 Å². The van der Waals surface area contributed by atoms with Gasteiger partial charge in [0.1, 0.15) is 0 Å². The van der Waals surface area contributed by atoms with Gasteiger partial charge in [0.25, 0.3) is 5.91 Å². The highest BCUT2D eigenvalue weighted by Gasteiger charge is 2.25. The van der Waals surface area contributed by atoms with E-state index in [0.717, 1.165) is 12.8 Å².